The third-order valence-corrected chi connectivity index (χ3v) is 4.84. The van der Waals surface area contributed by atoms with Crippen molar-refractivity contribution in [3.8, 4) is 5.75 Å². The van der Waals surface area contributed by atoms with Gasteiger partial charge in [-0.1, -0.05) is 23.7 Å². The summed E-state index contributed by atoms with van der Waals surface area (Å²) in [5.41, 5.74) is 2.47. The van der Waals surface area contributed by atoms with Crippen LogP contribution >= 0.6 is 11.6 Å². The molecule has 0 aliphatic heterocycles. The van der Waals surface area contributed by atoms with Gasteiger partial charge in [-0.3, -0.25) is 4.79 Å². The molecule has 0 heterocycles. The second-order valence-corrected chi connectivity index (χ2v) is 6.77. The molecule has 0 atom stereocenters. The Balaban J connectivity index is 1.54. The van der Waals surface area contributed by atoms with Crippen LogP contribution in [0.4, 0.5) is 11.4 Å². The van der Waals surface area contributed by atoms with Gasteiger partial charge < -0.3 is 15.4 Å². The first-order valence-corrected chi connectivity index (χ1v) is 9.05. The summed E-state index contributed by atoms with van der Waals surface area (Å²) < 4.78 is 5.99. The predicted molar refractivity (Wildman–Crippen MR) is 103 cm³/mol. The van der Waals surface area contributed by atoms with Gasteiger partial charge in [-0.2, -0.15) is 0 Å². The van der Waals surface area contributed by atoms with Crippen molar-refractivity contribution < 1.29 is 9.53 Å². The molecule has 25 heavy (non-hydrogen) atoms. The Bertz CT molecular complexity index is 742. The first-order chi connectivity index (χ1) is 12.1. The van der Waals surface area contributed by atoms with Crippen molar-refractivity contribution in [2.24, 2.45) is 0 Å². The highest BCUT2D eigenvalue weighted by atomic mass is 35.5. The number of benzene rings is 2. The fourth-order valence-corrected chi connectivity index (χ4v) is 3.17. The van der Waals surface area contributed by atoms with Crippen molar-refractivity contribution in [3.63, 3.8) is 0 Å². The van der Waals surface area contributed by atoms with Gasteiger partial charge in [0, 0.05) is 22.5 Å². The Morgan fingerprint density at radius 2 is 1.96 bits per heavy atom. The zero-order valence-electron chi connectivity index (χ0n) is 14.3. The topological polar surface area (TPSA) is 50.4 Å². The lowest BCUT2D eigenvalue weighted by Gasteiger charge is -2.14. The van der Waals surface area contributed by atoms with Gasteiger partial charge in [0.05, 0.1) is 12.6 Å². The quantitative estimate of drug-likeness (QED) is 0.762. The highest BCUT2D eigenvalue weighted by Gasteiger charge is 2.16. The number of carbonyl (C=O) groups excluding carboxylic acids is 1. The molecule has 5 heteroatoms. The van der Waals surface area contributed by atoms with E-state index < -0.39 is 0 Å². The molecule has 1 aliphatic rings. The summed E-state index contributed by atoms with van der Waals surface area (Å²) in [5, 5.41) is 6.66. The molecule has 132 valence electrons. The normalized spacial score (nSPS) is 14.3. The average molecular weight is 359 g/mol. The van der Waals surface area contributed by atoms with Crippen LogP contribution in [0.2, 0.25) is 5.02 Å². The van der Waals surface area contributed by atoms with Crippen LogP contribution in [0.1, 0.15) is 31.2 Å². The van der Waals surface area contributed by atoms with Crippen LogP contribution in [0.3, 0.4) is 0 Å². The number of anilines is 2. The lowest BCUT2D eigenvalue weighted by molar-refractivity contribution is -0.114. The van der Waals surface area contributed by atoms with Crippen molar-refractivity contribution >= 4 is 28.9 Å². The van der Waals surface area contributed by atoms with E-state index >= 15 is 0 Å². The molecule has 2 N–H and O–H groups in total. The molecule has 3 rings (SSSR count). The lowest BCUT2D eigenvalue weighted by atomic mass is 10.2. The molecule has 1 fully saturated rings. The molecule has 2 aromatic rings. The Morgan fingerprint density at radius 3 is 2.76 bits per heavy atom. The van der Waals surface area contributed by atoms with E-state index in [4.69, 9.17) is 16.3 Å². The van der Waals surface area contributed by atoms with Crippen LogP contribution in [0.5, 0.6) is 5.75 Å². The van der Waals surface area contributed by atoms with Crippen LogP contribution < -0.4 is 15.4 Å². The predicted octanol–water partition coefficient (Wildman–Crippen LogP) is 5.02. The maximum Gasteiger partial charge on any atom is 0.243 e. The van der Waals surface area contributed by atoms with Crippen LogP contribution in [-0.2, 0) is 4.79 Å². The van der Waals surface area contributed by atoms with E-state index in [1.54, 1.807) is 6.07 Å². The zero-order chi connectivity index (χ0) is 17.6. The second-order valence-electron chi connectivity index (χ2n) is 6.37. The Hall–Kier alpha value is -2.20. The van der Waals surface area contributed by atoms with Crippen LogP contribution in [0.15, 0.2) is 42.5 Å². The van der Waals surface area contributed by atoms with Crippen molar-refractivity contribution in [2.45, 2.75) is 38.7 Å². The molecule has 0 aromatic heterocycles. The number of hydrogen-bond acceptors (Lipinski definition) is 3. The summed E-state index contributed by atoms with van der Waals surface area (Å²) in [6.45, 7) is 2.06. The van der Waals surface area contributed by atoms with Gasteiger partial charge in [0.2, 0.25) is 5.91 Å². The maximum absolute atomic E-state index is 12.2. The molecular formula is C20H23ClN2O2. The molecule has 0 bridgehead atoms. The van der Waals surface area contributed by atoms with Crippen molar-refractivity contribution in [2.75, 3.05) is 17.2 Å². The summed E-state index contributed by atoms with van der Waals surface area (Å²) >= 11 is 6.08. The minimum Gasteiger partial charge on any atom is -0.490 e. The average Bonchev–Trinajstić information content (AvgIpc) is 3.10. The van der Waals surface area contributed by atoms with E-state index in [0.717, 1.165) is 35.5 Å². The number of nitrogens with one attached hydrogen (secondary N) is 2. The first-order valence-electron chi connectivity index (χ1n) is 8.67. The van der Waals surface area contributed by atoms with E-state index in [1.165, 1.54) is 12.8 Å². The van der Waals surface area contributed by atoms with E-state index in [9.17, 15) is 4.79 Å². The fraction of sp³-hybridized carbons (Fsp3) is 0.350. The Labute approximate surface area is 153 Å². The van der Waals surface area contributed by atoms with Crippen LogP contribution in [0.25, 0.3) is 0 Å². The van der Waals surface area contributed by atoms with Crippen molar-refractivity contribution in [1.82, 2.24) is 0 Å². The maximum atomic E-state index is 12.2. The minimum absolute atomic E-state index is 0.118. The fourth-order valence-electron chi connectivity index (χ4n) is 3.00. The SMILES string of the molecule is Cc1c(Cl)cccc1NC(=O)CNc1cccc(OC2CCCC2)c1. The van der Waals surface area contributed by atoms with Gasteiger partial charge in [-0.05, 0) is 62.4 Å². The van der Waals surface area contributed by atoms with Gasteiger partial charge in [0.1, 0.15) is 5.75 Å². The largest absolute Gasteiger partial charge is 0.490 e. The van der Waals surface area contributed by atoms with Gasteiger partial charge in [-0.25, -0.2) is 0 Å². The summed E-state index contributed by atoms with van der Waals surface area (Å²) in [6.07, 6.45) is 5.06. The van der Waals surface area contributed by atoms with Gasteiger partial charge in [-0.15, -0.1) is 0 Å². The molecule has 1 aliphatic carbocycles. The van der Waals surface area contributed by atoms with Gasteiger partial charge in [0.25, 0.3) is 0 Å². The number of rotatable bonds is 6. The van der Waals surface area contributed by atoms with Crippen molar-refractivity contribution in [1.29, 1.82) is 0 Å². The number of carbonyl (C=O) groups is 1. The third-order valence-electron chi connectivity index (χ3n) is 4.43. The van der Waals surface area contributed by atoms with Gasteiger partial charge >= 0.3 is 0 Å². The summed E-state index contributed by atoms with van der Waals surface area (Å²) in [4.78, 5) is 12.2. The summed E-state index contributed by atoms with van der Waals surface area (Å²) in [6, 6.07) is 13.2. The number of amides is 1. The number of hydrogen-bond donors (Lipinski definition) is 2. The number of halogens is 1. The zero-order valence-corrected chi connectivity index (χ0v) is 15.1. The molecule has 4 nitrogen and oxygen atoms in total. The molecule has 0 unspecified atom stereocenters. The molecule has 2 aromatic carbocycles. The highest BCUT2D eigenvalue weighted by molar-refractivity contribution is 6.31. The Kier molecular flexibility index (Phi) is 5.82. The molecule has 0 spiro atoms. The van der Waals surface area contributed by atoms with Crippen molar-refractivity contribution in [3.05, 3.63) is 53.1 Å². The van der Waals surface area contributed by atoms with Crippen LogP contribution in [0, 0.1) is 6.92 Å². The summed E-state index contributed by atoms with van der Waals surface area (Å²) in [7, 11) is 0. The molecule has 0 saturated heterocycles. The first kappa shape index (κ1) is 17.6. The third kappa shape index (κ3) is 4.89. The molecule has 1 saturated carbocycles. The summed E-state index contributed by atoms with van der Waals surface area (Å²) in [5.74, 6) is 0.732. The van der Waals surface area contributed by atoms with E-state index in [-0.39, 0.29) is 12.5 Å². The highest BCUT2D eigenvalue weighted by Crippen LogP contribution is 2.26. The van der Waals surface area contributed by atoms with Gasteiger partial charge in [0.15, 0.2) is 0 Å². The van der Waals surface area contributed by atoms with E-state index in [0.29, 0.717) is 11.1 Å². The van der Waals surface area contributed by atoms with Crippen LogP contribution in [-0.4, -0.2) is 18.6 Å². The smallest absolute Gasteiger partial charge is 0.243 e. The molecule has 1 amide bonds. The monoisotopic (exact) mass is 358 g/mol. The Morgan fingerprint density at radius 1 is 1.20 bits per heavy atom. The van der Waals surface area contributed by atoms with E-state index in [2.05, 4.69) is 10.6 Å². The lowest BCUT2D eigenvalue weighted by Crippen LogP contribution is -2.22. The second kappa shape index (κ2) is 8.26. The molecular weight excluding hydrogens is 336 g/mol. The number of ether oxygens (including phenoxy) is 1. The van der Waals surface area contributed by atoms with E-state index in [1.807, 2.05) is 43.3 Å². The molecule has 0 radical (unpaired) electrons. The standard InChI is InChI=1S/C20H23ClN2O2/c1-14-18(21)10-5-11-19(14)23-20(24)13-22-15-6-4-9-17(12-15)25-16-7-2-3-8-16/h4-6,9-12,16,22H,2-3,7-8,13H2,1H3,(H,23,24). The minimum atomic E-state index is -0.118.